The van der Waals surface area contributed by atoms with Crippen LogP contribution in [0.2, 0.25) is 0 Å². The van der Waals surface area contributed by atoms with Crippen molar-refractivity contribution in [3.8, 4) is 0 Å². The highest BCUT2D eigenvalue weighted by Crippen LogP contribution is 2.24. The second-order valence-electron chi connectivity index (χ2n) is 6.23. The van der Waals surface area contributed by atoms with Gasteiger partial charge in [0.1, 0.15) is 0 Å². The summed E-state index contributed by atoms with van der Waals surface area (Å²) in [5, 5.41) is 8.31. The van der Waals surface area contributed by atoms with E-state index in [-0.39, 0.29) is 12.1 Å². The lowest BCUT2D eigenvalue weighted by Gasteiger charge is -2.20. The van der Waals surface area contributed by atoms with Crippen molar-refractivity contribution < 1.29 is 4.79 Å². The number of amides is 2. The summed E-state index contributed by atoms with van der Waals surface area (Å²) in [5.41, 5.74) is 1.97. The van der Waals surface area contributed by atoms with E-state index in [1.54, 1.807) is 0 Å². The number of benzene rings is 3. The van der Waals surface area contributed by atoms with Gasteiger partial charge in [-0.3, -0.25) is 0 Å². The number of carbonyl (C=O) groups excluding carboxylic acids is 1. The van der Waals surface area contributed by atoms with Crippen molar-refractivity contribution in [1.82, 2.24) is 5.32 Å². The number of carbonyl (C=O) groups is 1. The van der Waals surface area contributed by atoms with E-state index in [2.05, 4.69) is 29.7 Å². The third-order valence-corrected chi connectivity index (χ3v) is 4.39. The number of nitrogens with one attached hydrogen (secondary N) is 2. The van der Waals surface area contributed by atoms with E-state index in [1.807, 2.05) is 60.7 Å². The summed E-state index contributed by atoms with van der Waals surface area (Å²) in [6.45, 7) is 2.16. The summed E-state index contributed by atoms with van der Waals surface area (Å²) in [6, 6.07) is 24.0. The van der Waals surface area contributed by atoms with Crippen LogP contribution in [0, 0.1) is 0 Å². The minimum atomic E-state index is -0.165. The van der Waals surface area contributed by atoms with Crippen molar-refractivity contribution in [3.05, 3.63) is 78.4 Å². The molecule has 0 spiro atoms. The van der Waals surface area contributed by atoms with Gasteiger partial charge in [0.05, 0.1) is 11.7 Å². The average Bonchev–Trinajstić information content (AvgIpc) is 2.66. The van der Waals surface area contributed by atoms with Crippen molar-refractivity contribution in [2.24, 2.45) is 0 Å². The fourth-order valence-corrected chi connectivity index (χ4v) is 3.07. The maximum Gasteiger partial charge on any atom is 0.319 e. The van der Waals surface area contributed by atoms with E-state index in [9.17, 15) is 4.79 Å². The second kappa shape index (κ2) is 8.34. The zero-order valence-corrected chi connectivity index (χ0v) is 14.5. The van der Waals surface area contributed by atoms with Gasteiger partial charge in [-0.05, 0) is 23.4 Å². The van der Waals surface area contributed by atoms with Crippen molar-refractivity contribution in [1.29, 1.82) is 0 Å². The predicted molar refractivity (Wildman–Crippen MR) is 105 cm³/mol. The highest BCUT2D eigenvalue weighted by atomic mass is 16.2. The topological polar surface area (TPSA) is 41.1 Å². The summed E-state index contributed by atoms with van der Waals surface area (Å²) in [6.07, 6.45) is 3.12. The molecule has 0 aliphatic rings. The van der Waals surface area contributed by atoms with Crippen LogP contribution in [0.25, 0.3) is 10.8 Å². The summed E-state index contributed by atoms with van der Waals surface area (Å²) < 4.78 is 0. The maximum atomic E-state index is 12.6. The van der Waals surface area contributed by atoms with E-state index < -0.39 is 0 Å². The number of anilines is 1. The quantitative estimate of drug-likeness (QED) is 0.580. The van der Waals surface area contributed by atoms with E-state index in [0.29, 0.717) is 0 Å². The van der Waals surface area contributed by atoms with Crippen molar-refractivity contribution in [2.75, 3.05) is 5.32 Å². The summed E-state index contributed by atoms with van der Waals surface area (Å²) in [5.74, 6) is 0. The van der Waals surface area contributed by atoms with Gasteiger partial charge in [0.25, 0.3) is 0 Å². The molecule has 3 nitrogen and oxygen atoms in total. The first-order valence-corrected chi connectivity index (χ1v) is 8.88. The number of rotatable bonds is 6. The van der Waals surface area contributed by atoms with Gasteiger partial charge in [-0.25, -0.2) is 4.79 Å². The summed E-state index contributed by atoms with van der Waals surface area (Å²) in [4.78, 5) is 12.6. The smallest absolute Gasteiger partial charge is 0.319 e. The predicted octanol–water partition coefficient (Wildman–Crippen LogP) is 5.89. The molecule has 0 aliphatic heterocycles. The van der Waals surface area contributed by atoms with Crippen LogP contribution in [0.3, 0.4) is 0 Å². The molecule has 3 aromatic carbocycles. The van der Waals surface area contributed by atoms with Crippen molar-refractivity contribution >= 4 is 22.5 Å². The van der Waals surface area contributed by atoms with Gasteiger partial charge >= 0.3 is 6.03 Å². The second-order valence-corrected chi connectivity index (χ2v) is 6.23. The lowest BCUT2D eigenvalue weighted by molar-refractivity contribution is 0.247. The zero-order valence-electron chi connectivity index (χ0n) is 14.5. The average molecular weight is 332 g/mol. The molecule has 2 amide bonds. The lowest BCUT2D eigenvalue weighted by atomic mass is 10.0. The molecule has 0 fully saturated rings. The molecule has 25 heavy (non-hydrogen) atoms. The first-order chi connectivity index (χ1) is 12.3. The van der Waals surface area contributed by atoms with Gasteiger partial charge in [0.15, 0.2) is 0 Å². The summed E-state index contributed by atoms with van der Waals surface area (Å²) >= 11 is 0. The molecule has 2 N–H and O–H groups in total. The normalized spacial score (nSPS) is 11.9. The number of hydrogen-bond acceptors (Lipinski definition) is 1. The van der Waals surface area contributed by atoms with Crippen LogP contribution in [-0.2, 0) is 0 Å². The molecule has 0 saturated carbocycles. The van der Waals surface area contributed by atoms with Crippen LogP contribution >= 0.6 is 0 Å². The first kappa shape index (κ1) is 17.0. The Bertz CT molecular complexity index is 824. The van der Waals surface area contributed by atoms with Crippen molar-refractivity contribution in [2.45, 2.75) is 32.2 Å². The van der Waals surface area contributed by atoms with Crippen molar-refractivity contribution in [3.63, 3.8) is 0 Å². The fourth-order valence-electron chi connectivity index (χ4n) is 3.07. The molecule has 3 aromatic rings. The first-order valence-electron chi connectivity index (χ1n) is 8.88. The van der Waals surface area contributed by atoms with Gasteiger partial charge in [-0.15, -0.1) is 0 Å². The standard InChI is InChI=1S/C22H24N2O/c1-2-3-15-20(18-11-5-4-6-12-18)23-22(25)24-21-16-9-13-17-10-7-8-14-19(17)21/h4-14,16,20H,2-3,15H2,1H3,(H2,23,24,25). The largest absolute Gasteiger partial charge is 0.331 e. The molecule has 128 valence electrons. The third kappa shape index (κ3) is 4.38. The summed E-state index contributed by atoms with van der Waals surface area (Å²) in [7, 11) is 0. The van der Waals surface area contributed by atoms with E-state index in [1.165, 1.54) is 0 Å². The molecule has 0 bridgehead atoms. The van der Waals surface area contributed by atoms with Crippen LogP contribution < -0.4 is 10.6 Å². The van der Waals surface area contributed by atoms with Crippen LogP contribution in [0.5, 0.6) is 0 Å². The highest BCUT2D eigenvalue weighted by molar-refractivity contribution is 6.01. The fraction of sp³-hybridized carbons (Fsp3) is 0.227. The Labute approximate surface area is 149 Å². The Hall–Kier alpha value is -2.81. The van der Waals surface area contributed by atoms with Gasteiger partial charge in [0.2, 0.25) is 0 Å². The van der Waals surface area contributed by atoms with E-state index in [0.717, 1.165) is 41.3 Å². The molecule has 0 aliphatic carbocycles. The van der Waals surface area contributed by atoms with Gasteiger partial charge in [-0.2, -0.15) is 0 Å². The van der Waals surface area contributed by atoms with Gasteiger partial charge < -0.3 is 10.6 Å². The van der Waals surface area contributed by atoms with Crippen LogP contribution in [0.15, 0.2) is 72.8 Å². The third-order valence-electron chi connectivity index (χ3n) is 4.39. The Kier molecular flexibility index (Phi) is 5.68. The molecule has 0 saturated heterocycles. The minimum absolute atomic E-state index is 0.0242. The molecule has 3 heteroatoms. The molecule has 1 unspecified atom stereocenters. The molecule has 0 radical (unpaired) electrons. The van der Waals surface area contributed by atoms with Crippen LogP contribution in [0.1, 0.15) is 37.8 Å². The number of fused-ring (bicyclic) bond motifs is 1. The molecular weight excluding hydrogens is 308 g/mol. The molecule has 0 aromatic heterocycles. The van der Waals surface area contributed by atoms with Crippen LogP contribution in [0.4, 0.5) is 10.5 Å². The number of hydrogen-bond donors (Lipinski definition) is 2. The number of unbranched alkanes of at least 4 members (excludes halogenated alkanes) is 1. The molecule has 3 rings (SSSR count). The van der Waals surface area contributed by atoms with E-state index >= 15 is 0 Å². The van der Waals surface area contributed by atoms with Crippen LogP contribution in [-0.4, -0.2) is 6.03 Å². The Morgan fingerprint density at radius 2 is 1.64 bits per heavy atom. The highest BCUT2D eigenvalue weighted by Gasteiger charge is 2.14. The molecular formula is C22H24N2O. The zero-order chi connectivity index (χ0) is 17.5. The molecule has 1 atom stereocenters. The molecule has 0 heterocycles. The SMILES string of the molecule is CCCCC(NC(=O)Nc1cccc2ccccc12)c1ccccc1. The lowest BCUT2D eigenvalue weighted by Crippen LogP contribution is -2.32. The number of urea groups is 1. The Balaban J connectivity index is 1.75. The monoisotopic (exact) mass is 332 g/mol. The van der Waals surface area contributed by atoms with Gasteiger partial charge in [0, 0.05) is 5.39 Å². The van der Waals surface area contributed by atoms with Gasteiger partial charge in [-0.1, -0.05) is 86.5 Å². The van der Waals surface area contributed by atoms with E-state index in [4.69, 9.17) is 0 Å². The Morgan fingerprint density at radius 3 is 2.44 bits per heavy atom. The Morgan fingerprint density at radius 1 is 0.920 bits per heavy atom. The maximum absolute atomic E-state index is 12.6. The minimum Gasteiger partial charge on any atom is -0.331 e.